The van der Waals surface area contributed by atoms with Crippen LogP contribution in [0, 0.1) is 11.8 Å². The Kier molecular flexibility index (Phi) is 6.93. The summed E-state index contributed by atoms with van der Waals surface area (Å²) in [7, 11) is 0. The first kappa shape index (κ1) is 19.5. The predicted octanol–water partition coefficient (Wildman–Crippen LogP) is 3.58. The Labute approximate surface area is 165 Å². The molecule has 2 heterocycles. The van der Waals surface area contributed by atoms with Crippen LogP contribution < -0.4 is 5.32 Å². The predicted molar refractivity (Wildman–Crippen MR) is 109 cm³/mol. The van der Waals surface area contributed by atoms with Crippen LogP contribution in [0.25, 0.3) is 0 Å². The largest absolute Gasteiger partial charge is 0.376 e. The number of rotatable bonds is 6. The Morgan fingerprint density at radius 3 is 2.59 bits per heavy atom. The number of hydrogen-bond acceptors (Lipinski definition) is 3. The van der Waals surface area contributed by atoms with Crippen LogP contribution in [0.3, 0.4) is 0 Å². The van der Waals surface area contributed by atoms with Gasteiger partial charge in [0.2, 0.25) is 0 Å². The fraction of sp³-hybridized carbons (Fsp3) is 0.955. The molecule has 0 spiro atoms. The van der Waals surface area contributed by atoms with Gasteiger partial charge in [0, 0.05) is 32.3 Å². The molecule has 2 aliphatic carbocycles. The average Bonchev–Trinajstić information content (AvgIpc) is 3.28. The first-order valence-electron chi connectivity index (χ1n) is 11.6. The molecule has 3 unspecified atom stereocenters. The first-order chi connectivity index (χ1) is 13.3. The minimum absolute atomic E-state index is 0.341. The highest BCUT2D eigenvalue weighted by atomic mass is 16.5. The van der Waals surface area contributed by atoms with Crippen LogP contribution in [0.2, 0.25) is 0 Å². The summed E-state index contributed by atoms with van der Waals surface area (Å²) in [6.07, 6.45) is 13.9. The normalized spacial score (nSPS) is 33.4. The summed E-state index contributed by atoms with van der Waals surface area (Å²) >= 11 is 0. The minimum Gasteiger partial charge on any atom is -0.376 e. The first-order valence-corrected chi connectivity index (χ1v) is 11.6. The maximum absolute atomic E-state index is 6.13. The van der Waals surface area contributed by atoms with Crippen LogP contribution >= 0.6 is 0 Å². The van der Waals surface area contributed by atoms with Crippen LogP contribution in [0.4, 0.5) is 0 Å². The molecule has 0 aromatic heterocycles. The summed E-state index contributed by atoms with van der Waals surface area (Å²) in [4.78, 5) is 7.28. The summed E-state index contributed by atoms with van der Waals surface area (Å²) in [6, 6.07) is 0.673. The highest BCUT2D eigenvalue weighted by Gasteiger charge is 2.44. The SMILES string of the molecule is CCN=C(NC1CC1C1CCCCC1)N1CCC(OCC2CCCO2)CC1. The smallest absolute Gasteiger partial charge is 0.194 e. The van der Waals surface area contributed by atoms with Crippen molar-refractivity contribution in [3.63, 3.8) is 0 Å². The number of piperidine rings is 1. The molecule has 27 heavy (non-hydrogen) atoms. The van der Waals surface area contributed by atoms with E-state index in [0.29, 0.717) is 18.2 Å². The van der Waals surface area contributed by atoms with Gasteiger partial charge in [-0.3, -0.25) is 4.99 Å². The molecule has 4 fully saturated rings. The zero-order valence-electron chi connectivity index (χ0n) is 17.2. The monoisotopic (exact) mass is 377 g/mol. The van der Waals surface area contributed by atoms with E-state index >= 15 is 0 Å². The topological polar surface area (TPSA) is 46.1 Å². The maximum Gasteiger partial charge on any atom is 0.194 e. The van der Waals surface area contributed by atoms with Crippen molar-refractivity contribution in [1.29, 1.82) is 0 Å². The van der Waals surface area contributed by atoms with Crippen molar-refractivity contribution in [1.82, 2.24) is 10.2 Å². The van der Waals surface area contributed by atoms with Crippen molar-refractivity contribution in [3.8, 4) is 0 Å². The Hall–Kier alpha value is -0.810. The molecule has 0 aromatic carbocycles. The van der Waals surface area contributed by atoms with Gasteiger partial charge in [-0.05, 0) is 50.9 Å². The van der Waals surface area contributed by atoms with E-state index in [-0.39, 0.29) is 0 Å². The maximum atomic E-state index is 6.13. The number of guanidine groups is 1. The molecule has 4 rings (SSSR count). The summed E-state index contributed by atoms with van der Waals surface area (Å²) < 4.78 is 11.8. The highest BCUT2D eigenvalue weighted by molar-refractivity contribution is 5.80. The van der Waals surface area contributed by atoms with Gasteiger partial charge in [-0.25, -0.2) is 0 Å². The molecule has 5 heteroatoms. The third-order valence-corrected chi connectivity index (χ3v) is 7.00. The molecule has 5 nitrogen and oxygen atoms in total. The lowest BCUT2D eigenvalue weighted by Crippen LogP contribution is -2.48. The van der Waals surface area contributed by atoms with Gasteiger partial charge < -0.3 is 19.7 Å². The van der Waals surface area contributed by atoms with Crippen LogP contribution in [-0.4, -0.2) is 62.0 Å². The van der Waals surface area contributed by atoms with Crippen molar-refractivity contribution >= 4 is 5.96 Å². The van der Waals surface area contributed by atoms with Crippen LogP contribution in [0.15, 0.2) is 4.99 Å². The summed E-state index contributed by atoms with van der Waals surface area (Å²) in [6.45, 7) is 6.82. The van der Waals surface area contributed by atoms with E-state index in [1.165, 1.54) is 51.4 Å². The molecule has 2 saturated carbocycles. The number of ether oxygens (including phenoxy) is 2. The van der Waals surface area contributed by atoms with E-state index in [4.69, 9.17) is 14.5 Å². The molecular formula is C22H39N3O2. The van der Waals surface area contributed by atoms with Crippen LogP contribution in [0.5, 0.6) is 0 Å². The molecule has 0 radical (unpaired) electrons. The molecular weight excluding hydrogens is 338 g/mol. The van der Waals surface area contributed by atoms with Crippen LogP contribution in [0.1, 0.15) is 71.1 Å². The zero-order valence-corrected chi connectivity index (χ0v) is 17.2. The van der Waals surface area contributed by atoms with Crippen molar-refractivity contribution in [3.05, 3.63) is 0 Å². The summed E-state index contributed by atoms with van der Waals surface area (Å²) in [5.41, 5.74) is 0. The Bertz CT molecular complexity index is 478. The van der Waals surface area contributed by atoms with Crippen LogP contribution in [-0.2, 0) is 9.47 Å². The van der Waals surface area contributed by atoms with Crippen molar-refractivity contribution in [2.75, 3.05) is 32.8 Å². The van der Waals surface area contributed by atoms with E-state index in [1.54, 1.807) is 0 Å². The van der Waals surface area contributed by atoms with Gasteiger partial charge in [0.15, 0.2) is 5.96 Å². The van der Waals surface area contributed by atoms with Gasteiger partial charge in [0.1, 0.15) is 0 Å². The Balaban J connectivity index is 1.20. The van der Waals surface area contributed by atoms with Gasteiger partial charge in [0.05, 0.1) is 18.8 Å². The van der Waals surface area contributed by atoms with Crippen molar-refractivity contribution < 1.29 is 9.47 Å². The number of hydrogen-bond donors (Lipinski definition) is 1. The molecule has 0 aromatic rings. The second-order valence-electron chi connectivity index (χ2n) is 9.00. The van der Waals surface area contributed by atoms with Gasteiger partial charge in [-0.2, -0.15) is 0 Å². The third kappa shape index (κ3) is 5.38. The van der Waals surface area contributed by atoms with E-state index in [1.807, 2.05) is 0 Å². The molecule has 3 atom stereocenters. The lowest BCUT2D eigenvalue weighted by molar-refractivity contribution is -0.0367. The van der Waals surface area contributed by atoms with E-state index in [0.717, 1.165) is 63.5 Å². The molecule has 0 amide bonds. The van der Waals surface area contributed by atoms with E-state index in [2.05, 4.69) is 17.1 Å². The third-order valence-electron chi connectivity index (χ3n) is 7.00. The number of nitrogens with zero attached hydrogens (tertiary/aromatic N) is 2. The van der Waals surface area contributed by atoms with E-state index < -0.39 is 0 Å². The van der Waals surface area contributed by atoms with Crippen molar-refractivity contribution in [2.45, 2.75) is 89.4 Å². The lowest BCUT2D eigenvalue weighted by Gasteiger charge is -2.35. The number of aliphatic imine (C=N–C) groups is 1. The van der Waals surface area contributed by atoms with Crippen molar-refractivity contribution in [2.24, 2.45) is 16.8 Å². The molecule has 2 aliphatic heterocycles. The Morgan fingerprint density at radius 2 is 1.89 bits per heavy atom. The fourth-order valence-electron chi connectivity index (χ4n) is 5.27. The summed E-state index contributed by atoms with van der Waals surface area (Å²) in [5, 5.41) is 3.82. The Morgan fingerprint density at radius 1 is 1.07 bits per heavy atom. The zero-order chi connectivity index (χ0) is 18.5. The second kappa shape index (κ2) is 9.60. The molecule has 2 saturated heterocycles. The van der Waals surface area contributed by atoms with Gasteiger partial charge in [-0.1, -0.05) is 32.1 Å². The lowest BCUT2D eigenvalue weighted by atomic mass is 9.85. The van der Waals surface area contributed by atoms with Gasteiger partial charge >= 0.3 is 0 Å². The minimum atomic E-state index is 0.341. The molecule has 0 bridgehead atoms. The quantitative estimate of drug-likeness (QED) is 0.568. The average molecular weight is 378 g/mol. The molecule has 154 valence electrons. The standard InChI is InChI=1S/C22H39N3O2/c1-2-23-22(24-21-15-20(21)17-7-4-3-5-8-17)25-12-10-18(11-13-25)27-16-19-9-6-14-26-19/h17-21H,2-16H2,1H3,(H,23,24). The van der Waals surface area contributed by atoms with Gasteiger partial charge in [-0.15, -0.1) is 0 Å². The van der Waals surface area contributed by atoms with E-state index in [9.17, 15) is 0 Å². The number of likely N-dealkylation sites (tertiary alicyclic amines) is 1. The number of nitrogens with one attached hydrogen (secondary N) is 1. The van der Waals surface area contributed by atoms with Gasteiger partial charge in [0.25, 0.3) is 0 Å². The second-order valence-corrected chi connectivity index (χ2v) is 9.00. The highest BCUT2D eigenvalue weighted by Crippen LogP contribution is 2.44. The summed E-state index contributed by atoms with van der Waals surface area (Å²) in [5.74, 6) is 3.02. The molecule has 4 aliphatic rings. The fourth-order valence-corrected chi connectivity index (χ4v) is 5.27. The molecule has 1 N–H and O–H groups in total.